The largest absolute Gasteiger partial charge is 0.313 e. The van der Waals surface area contributed by atoms with E-state index >= 15 is 0 Å². The Morgan fingerprint density at radius 3 is 2.35 bits per heavy atom. The van der Waals surface area contributed by atoms with Gasteiger partial charge >= 0.3 is 0 Å². The Morgan fingerprint density at radius 2 is 1.71 bits per heavy atom. The summed E-state index contributed by atoms with van der Waals surface area (Å²) in [5, 5.41) is 7.09. The van der Waals surface area contributed by atoms with Crippen molar-refractivity contribution in [2.24, 2.45) is 5.92 Å². The topological polar surface area (TPSA) is 24.1 Å². The van der Waals surface area contributed by atoms with Gasteiger partial charge in [0.1, 0.15) is 0 Å². The maximum absolute atomic E-state index is 3.62. The number of hydrogen-bond donors (Lipinski definition) is 2. The minimum Gasteiger partial charge on any atom is -0.313 e. The summed E-state index contributed by atoms with van der Waals surface area (Å²) >= 11 is 0. The van der Waals surface area contributed by atoms with Crippen LogP contribution in [0.25, 0.3) is 0 Å². The van der Waals surface area contributed by atoms with Gasteiger partial charge < -0.3 is 10.6 Å². The van der Waals surface area contributed by atoms with Gasteiger partial charge in [0.15, 0.2) is 0 Å². The molecule has 0 saturated heterocycles. The molecule has 0 bridgehead atoms. The maximum Gasteiger partial charge on any atom is 0.0164 e. The van der Waals surface area contributed by atoms with E-state index in [0.29, 0.717) is 12.1 Å². The van der Waals surface area contributed by atoms with Crippen LogP contribution < -0.4 is 10.6 Å². The van der Waals surface area contributed by atoms with Crippen molar-refractivity contribution in [1.29, 1.82) is 0 Å². The van der Waals surface area contributed by atoms with E-state index in [4.69, 9.17) is 0 Å². The average Bonchev–Trinajstić information content (AvgIpc) is 2.33. The molecule has 2 N–H and O–H groups in total. The van der Waals surface area contributed by atoms with Crippen LogP contribution in [-0.4, -0.2) is 25.2 Å². The molecule has 0 radical (unpaired) electrons. The number of hydrogen-bond acceptors (Lipinski definition) is 2. The summed E-state index contributed by atoms with van der Waals surface area (Å²) in [5.41, 5.74) is 0. The molecule has 2 nitrogen and oxygen atoms in total. The van der Waals surface area contributed by atoms with Gasteiger partial charge in [0.25, 0.3) is 0 Å². The first-order chi connectivity index (χ1) is 8.18. The van der Waals surface area contributed by atoms with Crippen LogP contribution in [0.15, 0.2) is 0 Å². The van der Waals surface area contributed by atoms with E-state index in [-0.39, 0.29) is 0 Å². The van der Waals surface area contributed by atoms with Gasteiger partial charge in [0.2, 0.25) is 0 Å². The lowest BCUT2D eigenvalue weighted by Gasteiger charge is -2.22. The third-order valence-electron chi connectivity index (χ3n) is 3.84. The summed E-state index contributed by atoms with van der Waals surface area (Å²) in [6.45, 7) is 8.96. The van der Waals surface area contributed by atoms with Crippen molar-refractivity contribution in [3.63, 3.8) is 0 Å². The smallest absolute Gasteiger partial charge is 0.0164 e. The van der Waals surface area contributed by atoms with Crippen LogP contribution in [0.3, 0.4) is 0 Å². The molecule has 17 heavy (non-hydrogen) atoms. The number of nitrogens with one attached hydrogen (secondary N) is 2. The molecule has 1 unspecified atom stereocenters. The highest BCUT2D eigenvalue weighted by Crippen LogP contribution is 2.26. The molecule has 1 saturated carbocycles. The lowest BCUT2D eigenvalue weighted by atomic mass is 9.86. The molecule has 1 aliphatic rings. The van der Waals surface area contributed by atoms with Crippen molar-refractivity contribution in [3.8, 4) is 0 Å². The van der Waals surface area contributed by atoms with Crippen molar-refractivity contribution in [1.82, 2.24) is 10.6 Å². The van der Waals surface area contributed by atoms with Crippen LogP contribution >= 0.6 is 0 Å². The minimum atomic E-state index is 0.599. The highest BCUT2D eigenvalue weighted by Gasteiger charge is 2.12. The van der Waals surface area contributed by atoms with Crippen molar-refractivity contribution in [2.45, 2.75) is 77.8 Å². The Hall–Kier alpha value is -0.0800. The summed E-state index contributed by atoms with van der Waals surface area (Å²) in [4.78, 5) is 0. The first kappa shape index (κ1) is 15.0. The monoisotopic (exact) mass is 240 g/mol. The Balaban J connectivity index is 1.92. The quantitative estimate of drug-likeness (QED) is 0.636. The highest BCUT2D eigenvalue weighted by molar-refractivity contribution is 4.68. The fourth-order valence-corrected chi connectivity index (χ4v) is 2.70. The fourth-order valence-electron chi connectivity index (χ4n) is 2.70. The van der Waals surface area contributed by atoms with Crippen LogP contribution in [0.2, 0.25) is 0 Å². The molecule has 102 valence electrons. The normalized spacial score (nSPS) is 19.8. The molecule has 1 rings (SSSR count). The van der Waals surface area contributed by atoms with Crippen LogP contribution in [0.1, 0.15) is 65.7 Å². The second-order valence-corrected chi connectivity index (χ2v) is 6.06. The fraction of sp³-hybridized carbons (Fsp3) is 1.00. The third kappa shape index (κ3) is 7.77. The zero-order chi connectivity index (χ0) is 12.5. The molecular weight excluding hydrogens is 208 g/mol. The molecular formula is C15H32N2. The van der Waals surface area contributed by atoms with E-state index in [9.17, 15) is 0 Å². The Kier molecular flexibility index (Phi) is 7.87. The highest BCUT2D eigenvalue weighted by atomic mass is 15.0. The summed E-state index contributed by atoms with van der Waals surface area (Å²) in [6, 6.07) is 1.20. The molecule has 0 aliphatic heterocycles. The lowest BCUT2D eigenvalue weighted by Crippen LogP contribution is -2.39. The standard InChI is InChI=1S/C15H32N2/c1-13(2)17-12-14(3)16-11-7-10-15-8-5-4-6-9-15/h13-17H,4-12H2,1-3H3. The first-order valence-electron chi connectivity index (χ1n) is 7.65. The van der Waals surface area contributed by atoms with Crippen LogP contribution in [-0.2, 0) is 0 Å². The molecule has 1 aliphatic carbocycles. The van der Waals surface area contributed by atoms with Gasteiger partial charge in [0.05, 0.1) is 0 Å². The third-order valence-corrected chi connectivity index (χ3v) is 3.84. The van der Waals surface area contributed by atoms with Crippen LogP contribution in [0.5, 0.6) is 0 Å². The van der Waals surface area contributed by atoms with Crippen LogP contribution in [0, 0.1) is 5.92 Å². The predicted octanol–water partition coefficient (Wildman–Crippen LogP) is 3.32. The summed E-state index contributed by atoms with van der Waals surface area (Å²) in [6.07, 6.45) is 10.2. The van der Waals surface area contributed by atoms with E-state index in [1.807, 2.05) is 0 Å². The SMILES string of the molecule is CC(C)NCC(C)NCCCC1CCCCC1. The zero-order valence-corrected chi connectivity index (χ0v) is 12.1. The van der Waals surface area contributed by atoms with Gasteiger partial charge in [-0.2, -0.15) is 0 Å². The van der Waals surface area contributed by atoms with E-state index in [2.05, 4.69) is 31.4 Å². The molecule has 0 amide bonds. The minimum absolute atomic E-state index is 0.599. The lowest BCUT2D eigenvalue weighted by molar-refractivity contribution is 0.327. The first-order valence-corrected chi connectivity index (χ1v) is 7.65. The van der Waals surface area contributed by atoms with Crippen molar-refractivity contribution in [3.05, 3.63) is 0 Å². The van der Waals surface area contributed by atoms with Gasteiger partial charge in [-0.3, -0.25) is 0 Å². The van der Waals surface area contributed by atoms with Crippen molar-refractivity contribution >= 4 is 0 Å². The molecule has 0 heterocycles. The molecule has 2 heteroatoms. The second-order valence-electron chi connectivity index (χ2n) is 6.06. The van der Waals surface area contributed by atoms with Gasteiger partial charge in [-0.1, -0.05) is 46.0 Å². The molecule has 0 spiro atoms. The molecule has 0 aromatic heterocycles. The predicted molar refractivity (Wildman–Crippen MR) is 76.4 cm³/mol. The van der Waals surface area contributed by atoms with Gasteiger partial charge in [-0.05, 0) is 32.2 Å². The van der Waals surface area contributed by atoms with Gasteiger partial charge in [-0.25, -0.2) is 0 Å². The molecule has 0 aromatic carbocycles. The molecule has 1 atom stereocenters. The van der Waals surface area contributed by atoms with E-state index in [0.717, 1.165) is 12.5 Å². The summed E-state index contributed by atoms with van der Waals surface area (Å²) < 4.78 is 0. The van der Waals surface area contributed by atoms with E-state index in [1.165, 1.54) is 51.5 Å². The Bertz CT molecular complexity index is 174. The van der Waals surface area contributed by atoms with Gasteiger partial charge in [-0.15, -0.1) is 0 Å². The Labute approximate surface area is 108 Å². The summed E-state index contributed by atoms with van der Waals surface area (Å²) in [5.74, 6) is 1.04. The molecule has 1 fully saturated rings. The van der Waals surface area contributed by atoms with E-state index < -0.39 is 0 Å². The molecule has 0 aromatic rings. The average molecular weight is 240 g/mol. The van der Waals surface area contributed by atoms with Crippen molar-refractivity contribution in [2.75, 3.05) is 13.1 Å². The van der Waals surface area contributed by atoms with Gasteiger partial charge in [0, 0.05) is 18.6 Å². The van der Waals surface area contributed by atoms with E-state index in [1.54, 1.807) is 0 Å². The Morgan fingerprint density at radius 1 is 1.00 bits per heavy atom. The van der Waals surface area contributed by atoms with Crippen LogP contribution in [0.4, 0.5) is 0 Å². The number of rotatable bonds is 8. The summed E-state index contributed by atoms with van der Waals surface area (Å²) in [7, 11) is 0. The second kappa shape index (κ2) is 8.93. The zero-order valence-electron chi connectivity index (χ0n) is 12.1. The maximum atomic E-state index is 3.62. The van der Waals surface area contributed by atoms with Crippen molar-refractivity contribution < 1.29 is 0 Å².